The van der Waals surface area contributed by atoms with E-state index in [1.54, 1.807) is 7.11 Å². The Morgan fingerprint density at radius 1 is 1.06 bits per heavy atom. The summed E-state index contributed by atoms with van der Waals surface area (Å²) in [5.74, 6) is 2.39. The van der Waals surface area contributed by atoms with Gasteiger partial charge in [-0.3, -0.25) is 0 Å². The number of methoxy groups -OCH3 is 1. The molecule has 0 aliphatic carbocycles. The van der Waals surface area contributed by atoms with Crippen LogP contribution < -0.4 is 14.2 Å². The van der Waals surface area contributed by atoms with Gasteiger partial charge in [-0.25, -0.2) is 5.01 Å². The summed E-state index contributed by atoms with van der Waals surface area (Å²) >= 11 is 3.52. The van der Waals surface area contributed by atoms with Crippen molar-refractivity contribution < 1.29 is 14.2 Å². The topological polar surface area (TPSA) is 43.3 Å². The highest BCUT2D eigenvalue weighted by atomic mass is 79.9. The van der Waals surface area contributed by atoms with Crippen LogP contribution in [0.1, 0.15) is 42.3 Å². The van der Waals surface area contributed by atoms with Crippen LogP contribution in [0, 0.1) is 0 Å². The van der Waals surface area contributed by atoms with E-state index >= 15 is 0 Å². The van der Waals surface area contributed by atoms with E-state index in [1.807, 2.05) is 55.5 Å². The van der Waals surface area contributed by atoms with Gasteiger partial charge in [0.25, 0.3) is 0 Å². The monoisotopic (exact) mass is 478 g/mol. The van der Waals surface area contributed by atoms with Gasteiger partial charge in [-0.1, -0.05) is 40.2 Å². The zero-order chi connectivity index (χ0) is 21.4. The smallest absolute Gasteiger partial charge is 0.214 e. The highest BCUT2D eigenvalue weighted by Gasteiger charge is 2.42. The lowest BCUT2D eigenvalue weighted by molar-refractivity contribution is -0.0212. The number of hydrogen-bond acceptors (Lipinski definition) is 5. The molecule has 3 aromatic carbocycles. The highest BCUT2D eigenvalue weighted by Crippen LogP contribution is 2.50. The second kappa shape index (κ2) is 8.27. The van der Waals surface area contributed by atoms with Crippen LogP contribution in [-0.2, 0) is 0 Å². The number of benzene rings is 3. The predicted octanol–water partition coefficient (Wildman–Crippen LogP) is 6.10. The number of fused-ring (bicyclic) bond motifs is 3. The van der Waals surface area contributed by atoms with Gasteiger partial charge in [-0.05, 0) is 55.0 Å². The summed E-state index contributed by atoms with van der Waals surface area (Å²) in [4.78, 5) is 0. The molecule has 5 nitrogen and oxygen atoms in total. The fourth-order valence-corrected chi connectivity index (χ4v) is 4.42. The average Bonchev–Trinajstić information content (AvgIpc) is 3.25. The first-order valence-electron chi connectivity index (χ1n) is 10.4. The first kappa shape index (κ1) is 19.9. The number of nitrogens with zero attached hydrogens (tertiary/aromatic N) is 2. The fraction of sp³-hybridized carbons (Fsp3) is 0.240. The molecule has 2 aliphatic heterocycles. The number of rotatable bonds is 5. The maximum atomic E-state index is 6.54. The zero-order valence-electron chi connectivity index (χ0n) is 17.4. The molecule has 0 fully saturated rings. The van der Waals surface area contributed by atoms with Gasteiger partial charge in [0.2, 0.25) is 6.23 Å². The van der Waals surface area contributed by atoms with Gasteiger partial charge < -0.3 is 14.2 Å². The Labute approximate surface area is 190 Å². The fourth-order valence-electron chi connectivity index (χ4n) is 4.16. The largest absolute Gasteiger partial charge is 0.497 e. The Hall–Kier alpha value is -2.99. The highest BCUT2D eigenvalue weighted by molar-refractivity contribution is 9.10. The summed E-state index contributed by atoms with van der Waals surface area (Å²) in [6.45, 7) is 2.57. The van der Waals surface area contributed by atoms with E-state index in [1.165, 1.54) is 0 Å². The van der Waals surface area contributed by atoms with Crippen LogP contribution in [0.4, 0.5) is 0 Å². The molecule has 0 bridgehead atoms. The molecule has 2 aliphatic rings. The normalized spacial score (nSPS) is 19.2. The van der Waals surface area contributed by atoms with Crippen LogP contribution in [0.25, 0.3) is 0 Å². The van der Waals surface area contributed by atoms with E-state index in [2.05, 4.69) is 39.1 Å². The lowest BCUT2D eigenvalue weighted by atomic mass is 9.95. The molecule has 6 heteroatoms. The third kappa shape index (κ3) is 3.65. The van der Waals surface area contributed by atoms with E-state index < -0.39 is 0 Å². The van der Waals surface area contributed by atoms with Crippen molar-refractivity contribution >= 4 is 21.6 Å². The van der Waals surface area contributed by atoms with Crippen LogP contribution in [0.2, 0.25) is 0 Å². The third-order valence-corrected chi connectivity index (χ3v) is 6.19. The molecule has 0 spiro atoms. The van der Waals surface area contributed by atoms with E-state index in [9.17, 15) is 0 Å². The van der Waals surface area contributed by atoms with Crippen LogP contribution in [0.5, 0.6) is 17.2 Å². The molecule has 0 amide bonds. The van der Waals surface area contributed by atoms with E-state index in [0.29, 0.717) is 6.61 Å². The standard InChI is InChI=1S/C25H23BrN2O3/c1-3-30-23-6-4-5-20-22-15-21(16-7-11-18(26)12-8-16)27-28(22)25(31-24(20)23)17-9-13-19(29-2)14-10-17/h4-14,22,25H,3,15H2,1-2H3/t22-,25-/m0/s1. The van der Waals surface area contributed by atoms with Crippen molar-refractivity contribution in [1.29, 1.82) is 0 Å². The Kier molecular flexibility index (Phi) is 5.32. The molecule has 0 N–H and O–H groups in total. The number of hydrogen-bond donors (Lipinski definition) is 0. The maximum Gasteiger partial charge on any atom is 0.214 e. The van der Waals surface area contributed by atoms with E-state index in [0.717, 1.165) is 50.5 Å². The number of para-hydroxylation sites is 1. The number of ether oxygens (including phenoxy) is 3. The molecule has 0 radical (unpaired) electrons. The Morgan fingerprint density at radius 2 is 1.84 bits per heavy atom. The molecule has 31 heavy (non-hydrogen) atoms. The van der Waals surface area contributed by atoms with Crippen molar-refractivity contribution in [3.05, 3.63) is 87.9 Å². The third-order valence-electron chi connectivity index (χ3n) is 5.66. The summed E-state index contributed by atoms with van der Waals surface area (Å²) in [5, 5.41) is 7.10. The van der Waals surface area contributed by atoms with Crippen molar-refractivity contribution in [2.45, 2.75) is 25.6 Å². The van der Waals surface area contributed by atoms with Crippen molar-refractivity contribution in [3.63, 3.8) is 0 Å². The molecule has 0 saturated carbocycles. The lowest BCUT2D eigenvalue weighted by Crippen LogP contribution is -2.33. The second-order valence-corrected chi connectivity index (χ2v) is 8.42. The molecule has 158 valence electrons. The summed E-state index contributed by atoms with van der Waals surface area (Å²) in [6.07, 6.45) is 0.457. The van der Waals surface area contributed by atoms with Crippen molar-refractivity contribution in [3.8, 4) is 17.2 Å². The molecule has 0 aromatic heterocycles. The van der Waals surface area contributed by atoms with Crippen LogP contribution >= 0.6 is 15.9 Å². The van der Waals surface area contributed by atoms with Gasteiger partial charge in [-0.15, -0.1) is 0 Å². The van der Waals surface area contributed by atoms with Gasteiger partial charge in [-0.2, -0.15) is 5.10 Å². The Bertz CT molecular complexity index is 1110. The molecule has 0 unspecified atom stereocenters. The van der Waals surface area contributed by atoms with Gasteiger partial charge in [0.05, 0.1) is 25.5 Å². The molecule has 5 rings (SSSR count). The summed E-state index contributed by atoms with van der Waals surface area (Å²) < 4.78 is 18.8. The Morgan fingerprint density at radius 3 is 2.55 bits per heavy atom. The maximum absolute atomic E-state index is 6.54. The van der Waals surface area contributed by atoms with Crippen molar-refractivity contribution in [2.75, 3.05) is 13.7 Å². The molecule has 3 aromatic rings. The molecule has 0 saturated heterocycles. The van der Waals surface area contributed by atoms with E-state index in [4.69, 9.17) is 19.3 Å². The minimum atomic E-state index is -0.349. The first-order chi connectivity index (χ1) is 15.2. The van der Waals surface area contributed by atoms with Gasteiger partial charge in [0.1, 0.15) is 5.75 Å². The molecule has 2 heterocycles. The van der Waals surface area contributed by atoms with Crippen molar-refractivity contribution in [1.82, 2.24) is 5.01 Å². The van der Waals surface area contributed by atoms with E-state index in [-0.39, 0.29) is 12.3 Å². The summed E-state index contributed by atoms with van der Waals surface area (Å²) in [7, 11) is 1.67. The van der Waals surface area contributed by atoms with Crippen LogP contribution in [0.3, 0.4) is 0 Å². The zero-order valence-corrected chi connectivity index (χ0v) is 19.0. The summed E-state index contributed by atoms with van der Waals surface area (Å²) in [5.41, 5.74) is 4.29. The van der Waals surface area contributed by atoms with Gasteiger partial charge in [0, 0.05) is 22.0 Å². The average molecular weight is 479 g/mol. The minimum absolute atomic E-state index is 0.0786. The quantitative estimate of drug-likeness (QED) is 0.444. The van der Waals surface area contributed by atoms with Gasteiger partial charge in [0.15, 0.2) is 11.5 Å². The molecule has 2 atom stereocenters. The summed E-state index contributed by atoms with van der Waals surface area (Å²) in [6, 6.07) is 22.4. The van der Waals surface area contributed by atoms with Crippen molar-refractivity contribution in [2.24, 2.45) is 5.10 Å². The molecular weight excluding hydrogens is 456 g/mol. The minimum Gasteiger partial charge on any atom is -0.497 e. The SMILES string of the molecule is CCOc1cccc2c1O[C@@H](c1ccc(OC)cc1)N1N=C(c3ccc(Br)cc3)C[C@@H]21. The second-order valence-electron chi connectivity index (χ2n) is 7.50. The molecular formula is C25H23BrN2O3. The predicted molar refractivity (Wildman–Crippen MR) is 124 cm³/mol. The van der Waals surface area contributed by atoms with Crippen LogP contribution in [-0.4, -0.2) is 24.4 Å². The Balaban J connectivity index is 1.59. The van der Waals surface area contributed by atoms with Gasteiger partial charge >= 0.3 is 0 Å². The first-order valence-corrected chi connectivity index (χ1v) is 11.1. The lowest BCUT2D eigenvalue weighted by Gasteiger charge is -2.38. The number of hydrazone groups is 1. The van der Waals surface area contributed by atoms with Crippen LogP contribution in [0.15, 0.2) is 76.3 Å². The number of halogens is 1.